The number of nitrogens with zero attached hydrogens (tertiary/aromatic N) is 1. The minimum absolute atomic E-state index is 0.0269. The van der Waals surface area contributed by atoms with Crippen LogP contribution in [0.2, 0.25) is 0 Å². The van der Waals surface area contributed by atoms with E-state index < -0.39 is 0 Å². The first kappa shape index (κ1) is 20.0. The molecule has 0 spiro atoms. The van der Waals surface area contributed by atoms with Crippen LogP contribution in [0.3, 0.4) is 0 Å². The second kappa shape index (κ2) is 8.87. The van der Waals surface area contributed by atoms with E-state index in [0.717, 1.165) is 18.4 Å². The predicted octanol–water partition coefficient (Wildman–Crippen LogP) is 2.85. The van der Waals surface area contributed by atoms with E-state index >= 15 is 0 Å². The second-order valence-electron chi connectivity index (χ2n) is 7.80. The van der Waals surface area contributed by atoms with Crippen molar-refractivity contribution >= 4 is 12.1 Å². The Morgan fingerprint density at radius 3 is 2.31 bits per heavy atom. The van der Waals surface area contributed by atoms with Gasteiger partial charge in [-0.05, 0) is 57.2 Å². The van der Waals surface area contributed by atoms with E-state index in [9.17, 15) is 14.0 Å². The molecule has 0 aromatic heterocycles. The third-order valence-corrected chi connectivity index (χ3v) is 4.30. The van der Waals surface area contributed by atoms with Crippen LogP contribution in [0.25, 0.3) is 0 Å². The summed E-state index contributed by atoms with van der Waals surface area (Å²) in [5.74, 6) is 0.0750. The van der Waals surface area contributed by atoms with Gasteiger partial charge in [0.2, 0.25) is 0 Å². The van der Waals surface area contributed by atoms with Crippen LogP contribution in [-0.4, -0.2) is 42.1 Å². The molecule has 0 bridgehead atoms. The zero-order chi connectivity index (χ0) is 19.2. The van der Waals surface area contributed by atoms with Crippen molar-refractivity contribution in [2.75, 3.05) is 19.6 Å². The van der Waals surface area contributed by atoms with E-state index in [0.29, 0.717) is 32.1 Å². The molecular formula is C19H29FN4O2. The van der Waals surface area contributed by atoms with Gasteiger partial charge in [-0.3, -0.25) is 0 Å². The zero-order valence-corrected chi connectivity index (χ0v) is 15.8. The number of rotatable bonds is 4. The van der Waals surface area contributed by atoms with Gasteiger partial charge in [-0.25, -0.2) is 14.0 Å². The third kappa shape index (κ3) is 6.90. The lowest BCUT2D eigenvalue weighted by atomic mass is 9.97. The van der Waals surface area contributed by atoms with Gasteiger partial charge >= 0.3 is 12.1 Å². The van der Waals surface area contributed by atoms with Crippen molar-refractivity contribution in [3.8, 4) is 0 Å². The summed E-state index contributed by atoms with van der Waals surface area (Å²) in [5, 5.41) is 8.61. The number of nitrogens with one attached hydrogen (secondary N) is 3. The maximum absolute atomic E-state index is 12.8. The van der Waals surface area contributed by atoms with Crippen molar-refractivity contribution in [2.45, 2.75) is 45.7 Å². The number of hydrogen-bond acceptors (Lipinski definition) is 2. The lowest BCUT2D eigenvalue weighted by molar-refractivity contribution is 0.162. The summed E-state index contributed by atoms with van der Waals surface area (Å²) < 4.78 is 12.8. The molecule has 1 aromatic carbocycles. The van der Waals surface area contributed by atoms with Crippen molar-refractivity contribution in [1.82, 2.24) is 20.9 Å². The van der Waals surface area contributed by atoms with Gasteiger partial charge in [0, 0.05) is 31.7 Å². The Hall–Kier alpha value is -2.31. The molecule has 1 fully saturated rings. The van der Waals surface area contributed by atoms with Crippen molar-refractivity contribution < 1.29 is 14.0 Å². The summed E-state index contributed by atoms with van der Waals surface area (Å²) >= 11 is 0. The molecular weight excluding hydrogens is 335 g/mol. The Labute approximate surface area is 154 Å². The molecule has 144 valence electrons. The van der Waals surface area contributed by atoms with Crippen molar-refractivity contribution in [1.29, 1.82) is 0 Å². The van der Waals surface area contributed by atoms with Gasteiger partial charge in [0.05, 0.1) is 0 Å². The first-order valence-corrected chi connectivity index (χ1v) is 9.06. The van der Waals surface area contributed by atoms with Crippen LogP contribution in [0.15, 0.2) is 24.3 Å². The molecule has 26 heavy (non-hydrogen) atoms. The molecule has 2 rings (SSSR count). The average molecular weight is 364 g/mol. The van der Waals surface area contributed by atoms with E-state index in [1.807, 2.05) is 25.7 Å². The molecule has 1 aliphatic heterocycles. The van der Waals surface area contributed by atoms with Crippen LogP contribution < -0.4 is 16.0 Å². The SMILES string of the molecule is CC(C)(C)NC(=O)N1CCC(CNC(=O)NCc2ccc(F)cc2)CC1. The molecule has 0 radical (unpaired) electrons. The van der Waals surface area contributed by atoms with Crippen LogP contribution in [0.1, 0.15) is 39.2 Å². The first-order chi connectivity index (χ1) is 12.2. The number of likely N-dealkylation sites (tertiary alicyclic amines) is 1. The molecule has 0 aliphatic carbocycles. The van der Waals surface area contributed by atoms with Crippen LogP contribution in [0.4, 0.5) is 14.0 Å². The highest BCUT2D eigenvalue weighted by Gasteiger charge is 2.25. The Morgan fingerprint density at radius 2 is 1.73 bits per heavy atom. The summed E-state index contributed by atoms with van der Waals surface area (Å²) in [4.78, 5) is 25.9. The fraction of sp³-hybridized carbons (Fsp3) is 0.579. The van der Waals surface area contributed by atoms with Crippen LogP contribution in [0.5, 0.6) is 0 Å². The molecule has 7 heteroatoms. The number of halogens is 1. The lowest BCUT2D eigenvalue weighted by Crippen LogP contribution is -2.51. The number of carbonyl (C=O) groups is 2. The highest BCUT2D eigenvalue weighted by molar-refractivity contribution is 5.75. The number of piperidine rings is 1. The third-order valence-electron chi connectivity index (χ3n) is 4.30. The van der Waals surface area contributed by atoms with Gasteiger partial charge in [0.15, 0.2) is 0 Å². The summed E-state index contributed by atoms with van der Waals surface area (Å²) in [5.41, 5.74) is 0.609. The van der Waals surface area contributed by atoms with E-state index in [4.69, 9.17) is 0 Å². The minimum atomic E-state index is -0.291. The standard InChI is InChI=1S/C19H29FN4O2/c1-19(2,3)23-18(26)24-10-8-15(9-11-24)13-22-17(25)21-12-14-4-6-16(20)7-5-14/h4-7,15H,8-13H2,1-3H3,(H,23,26)(H2,21,22,25). The molecule has 1 aromatic rings. The molecule has 1 aliphatic rings. The highest BCUT2D eigenvalue weighted by Crippen LogP contribution is 2.17. The normalized spacial score (nSPS) is 15.5. The molecule has 0 unspecified atom stereocenters. The minimum Gasteiger partial charge on any atom is -0.338 e. The van der Waals surface area contributed by atoms with E-state index in [-0.39, 0.29) is 23.4 Å². The number of hydrogen-bond donors (Lipinski definition) is 3. The van der Waals surface area contributed by atoms with Gasteiger partial charge in [-0.2, -0.15) is 0 Å². The average Bonchev–Trinajstić information content (AvgIpc) is 2.58. The quantitative estimate of drug-likeness (QED) is 0.769. The maximum atomic E-state index is 12.8. The summed E-state index contributed by atoms with van der Waals surface area (Å²) in [7, 11) is 0. The van der Waals surface area contributed by atoms with E-state index in [1.165, 1.54) is 12.1 Å². The van der Waals surface area contributed by atoms with Gasteiger partial charge in [-0.1, -0.05) is 12.1 Å². The Kier molecular flexibility index (Phi) is 6.83. The molecule has 0 atom stereocenters. The number of amides is 4. The van der Waals surface area contributed by atoms with Crippen LogP contribution in [-0.2, 0) is 6.54 Å². The topological polar surface area (TPSA) is 73.5 Å². The van der Waals surface area contributed by atoms with Gasteiger partial charge in [-0.15, -0.1) is 0 Å². The first-order valence-electron chi connectivity index (χ1n) is 9.06. The fourth-order valence-corrected chi connectivity index (χ4v) is 2.82. The Bertz CT molecular complexity index is 605. The summed E-state index contributed by atoms with van der Waals surface area (Å²) in [6.07, 6.45) is 1.74. The van der Waals surface area contributed by atoms with Crippen LogP contribution >= 0.6 is 0 Å². The van der Waals surface area contributed by atoms with Crippen LogP contribution in [0, 0.1) is 11.7 Å². The van der Waals surface area contributed by atoms with Gasteiger partial charge in [0.25, 0.3) is 0 Å². The summed E-state index contributed by atoms with van der Waals surface area (Å²) in [6, 6.07) is 5.78. The second-order valence-corrected chi connectivity index (χ2v) is 7.80. The molecule has 1 saturated heterocycles. The molecule has 3 N–H and O–H groups in total. The van der Waals surface area contributed by atoms with Crippen molar-refractivity contribution in [3.63, 3.8) is 0 Å². The number of benzene rings is 1. The Balaban J connectivity index is 1.64. The van der Waals surface area contributed by atoms with E-state index in [1.54, 1.807) is 12.1 Å². The van der Waals surface area contributed by atoms with Crippen molar-refractivity contribution in [2.24, 2.45) is 5.92 Å². The van der Waals surface area contributed by atoms with Crippen molar-refractivity contribution in [3.05, 3.63) is 35.6 Å². The molecule has 4 amide bonds. The highest BCUT2D eigenvalue weighted by atomic mass is 19.1. The predicted molar refractivity (Wildman–Crippen MR) is 99.2 cm³/mol. The monoisotopic (exact) mass is 364 g/mol. The van der Waals surface area contributed by atoms with Gasteiger partial charge < -0.3 is 20.9 Å². The molecule has 0 saturated carbocycles. The summed E-state index contributed by atoms with van der Waals surface area (Å²) in [6.45, 7) is 8.24. The maximum Gasteiger partial charge on any atom is 0.317 e. The lowest BCUT2D eigenvalue weighted by Gasteiger charge is -2.34. The van der Waals surface area contributed by atoms with Gasteiger partial charge in [0.1, 0.15) is 5.82 Å². The molecule has 6 nitrogen and oxygen atoms in total. The zero-order valence-electron chi connectivity index (χ0n) is 15.8. The largest absolute Gasteiger partial charge is 0.338 e. The smallest absolute Gasteiger partial charge is 0.317 e. The number of urea groups is 2. The fourth-order valence-electron chi connectivity index (χ4n) is 2.82. The van der Waals surface area contributed by atoms with E-state index in [2.05, 4.69) is 16.0 Å². The Morgan fingerprint density at radius 1 is 1.12 bits per heavy atom. The molecule has 1 heterocycles. The number of carbonyl (C=O) groups excluding carboxylic acids is 2.